The second-order valence-electron chi connectivity index (χ2n) is 5.18. The van der Waals surface area contributed by atoms with E-state index in [0.29, 0.717) is 0 Å². The molecule has 0 unspecified atom stereocenters. The molecule has 0 amide bonds. The minimum Gasteiger partial charge on any atom is -0.545 e. The van der Waals surface area contributed by atoms with E-state index < -0.39 is 69.2 Å². The number of rotatable bonds is 6. The Kier molecular flexibility index (Phi) is 19.8. The topological polar surface area (TPSA) is 241 Å². The number of aromatic carboxylic acids is 6. The normalized spacial score (nSPS) is 8.73. The maximum atomic E-state index is 10.6. The molecule has 0 bridgehead atoms. The largest absolute Gasteiger partial charge is 2.00 e. The average molecular weight is 826 g/mol. The van der Waals surface area contributed by atoms with Crippen LogP contribution in [0, 0.1) is 0 Å². The first kappa shape index (κ1) is 37.5. The van der Waals surface area contributed by atoms with Gasteiger partial charge in [0.1, 0.15) is 0 Å². The third-order valence-electron chi connectivity index (χ3n) is 3.42. The van der Waals surface area contributed by atoms with E-state index in [-0.39, 0.29) is 147 Å². The average Bonchev–Trinajstić information content (AvgIpc) is 2.66. The Labute approximate surface area is 305 Å². The Bertz CT molecular complexity index is 931. The summed E-state index contributed by atoms with van der Waals surface area (Å²) < 4.78 is 0. The van der Waals surface area contributed by atoms with Crippen LogP contribution in [0.4, 0.5) is 0 Å². The molecule has 2 rings (SSSR count). The third-order valence-corrected chi connectivity index (χ3v) is 3.42. The molecule has 0 radical (unpaired) electrons. The number of benzene rings is 2. The van der Waals surface area contributed by atoms with Gasteiger partial charge in [-0.1, -0.05) is 36.4 Å². The van der Waals surface area contributed by atoms with Gasteiger partial charge in [-0.05, 0) is 0 Å². The molecule has 2 aromatic rings. The van der Waals surface area contributed by atoms with E-state index in [0.717, 1.165) is 36.4 Å². The van der Waals surface area contributed by atoms with Crippen LogP contribution in [0.1, 0.15) is 62.1 Å². The van der Waals surface area contributed by atoms with Gasteiger partial charge in [0.25, 0.3) is 0 Å². The summed E-state index contributed by atoms with van der Waals surface area (Å²) in [7, 11) is 0. The molecule has 0 N–H and O–H groups in total. The smallest absolute Gasteiger partial charge is 0.545 e. The van der Waals surface area contributed by atoms with Gasteiger partial charge in [-0.2, -0.15) is 0 Å². The number of hydrogen-bond donors (Lipinski definition) is 0. The van der Waals surface area contributed by atoms with E-state index in [9.17, 15) is 59.4 Å². The summed E-state index contributed by atoms with van der Waals surface area (Å²) in [6, 6.07) is 5.78. The summed E-state index contributed by atoms with van der Waals surface area (Å²) in [4.78, 5) is 63.1. The Morgan fingerprint density at radius 1 is 0.394 bits per heavy atom. The number of carbonyl (C=O) groups is 6. The van der Waals surface area contributed by atoms with Crippen molar-refractivity contribution in [2.75, 3.05) is 0 Å². The third kappa shape index (κ3) is 10.6. The summed E-state index contributed by atoms with van der Waals surface area (Å²) in [6.45, 7) is 0. The van der Waals surface area contributed by atoms with E-state index in [1.165, 1.54) is 0 Å². The standard InChI is InChI=1S/2C9H6O6.3Ba/c2*10-7(11)4-2-1-3-5(8(12)13)6(4)9(14)15;;;/h2*1-3H,(H,10,11)(H,12,13)(H,14,15);;;/q;;3*+2/p-6. The van der Waals surface area contributed by atoms with Gasteiger partial charge >= 0.3 is 147 Å². The van der Waals surface area contributed by atoms with Crippen LogP contribution in [0.2, 0.25) is 0 Å². The van der Waals surface area contributed by atoms with Crippen LogP contribution in [0.3, 0.4) is 0 Å². The van der Waals surface area contributed by atoms with E-state index >= 15 is 0 Å². The van der Waals surface area contributed by atoms with Crippen LogP contribution in [0.25, 0.3) is 0 Å². The van der Waals surface area contributed by atoms with Crippen LogP contribution < -0.4 is 30.6 Å². The Hall–Kier alpha value is -0.0257. The zero-order chi connectivity index (χ0) is 23.2. The van der Waals surface area contributed by atoms with Crippen LogP contribution in [-0.2, 0) is 0 Å². The van der Waals surface area contributed by atoms with Gasteiger partial charge in [0.15, 0.2) is 0 Å². The van der Waals surface area contributed by atoms with Crippen molar-refractivity contribution in [1.82, 2.24) is 0 Å². The molecule has 0 atom stereocenters. The summed E-state index contributed by atoms with van der Waals surface area (Å²) in [5, 5.41) is 63.1. The van der Waals surface area contributed by atoms with E-state index in [1.54, 1.807) is 0 Å². The number of carboxylic acid groups (broad SMARTS) is 6. The Balaban J connectivity index is -0.000000500. The van der Waals surface area contributed by atoms with Gasteiger partial charge in [-0.3, -0.25) is 0 Å². The Morgan fingerprint density at radius 2 is 0.576 bits per heavy atom. The van der Waals surface area contributed by atoms with Crippen molar-refractivity contribution in [2.24, 2.45) is 0 Å². The van der Waals surface area contributed by atoms with Gasteiger partial charge in [-0.25, -0.2) is 0 Å². The second-order valence-corrected chi connectivity index (χ2v) is 5.18. The van der Waals surface area contributed by atoms with E-state index in [4.69, 9.17) is 0 Å². The molecule has 0 aliphatic carbocycles. The van der Waals surface area contributed by atoms with Crippen LogP contribution in [-0.4, -0.2) is 182 Å². The summed E-state index contributed by atoms with van der Waals surface area (Å²) in [5.74, 6) is -11.0. The van der Waals surface area contributed by atoms with Crippen LogP contribution >= 0.6 is 0 Å². The van der Waals surface area contributed by atoms with Crippen molar-refractivity contribution >= 4 is 182 Å². The first-order valence-corrected chi connectivity index (χ1v) is 7.44. The zero-order valence-electron chi connectivity index (χ0n) is 16.5. The zero-order valence-corrected chi connectivity index (χ0v) is 29.8. The van der Waals surface area contributed by atoms with Crippen molar-refractivity contribution < 1.29 is 59.4 Å². The van der Waals surface area contributed by atoms with Crippen molar-refractivity contribution in [3.8, 4) is 0 Å². The maximum absolute atomic E-state index is 10.6. The van der Waals surface area contributed by atoms with Crippen LogP contribution in [0.5, 0.6) is 0 Å². The minimum absolute atomic E-state index is 0. The van der Waals surface area contributed by atoms with Crippen molar-refractivity contribution in [3.63, 3.8) is 0 Å². The molecule has 15 heteroatoms. The van der Waals surface area contributed by atoms with Gasteiger partial charge in [0, 0.05) is 33.4 Å². The van der Waals surface area contributed by atoms with Gasteiger partial charge in [0.05, 0.1) is 35.8 Å². The molecule has 0 heterocycles. The number of hydrogen-bond acceptors (Lipinski definition) is 12. The predicted molar refractivity (Wildman–Crippen MR) is 96.1 cm³/mol. The summed E-state index contributed by atoms with van der Waals surface area (Å²) in [5.41, 5.74) is -4.91. The molecule has 0 aromatic heterocycles. The van der Waals surface area contributed by atoms with Gasteiger partial charge < -0.3 is 59.4 Å². The number of carboxylic acids is 6. The molecule has 0 spiro atoms. The fraction of sp³-hybridized carbons (Fsp3) is 0. The molecule has 0 saturated carbocycles. The van der Waals surface area contributed by atoms with Crippen molar-refractivity contribution in [2.45, 2.75) is 0 Å². The fourth-order valence-electron chi connectivity index (χ4n) is 2.22. The van der Waals surface area contributed by atoms with Crippen molar-refractivity contribution in [1.29, 1.82) is 0 Å². The molecule has 0 saturated heterocycles. The molecule has 0 aliphatic rings. The molecule has 2 aromatic carbocycles. The minimum atomic E-state index is -1.91. The molecule has 0 aliphatic heterocycles. The first-order chi connectivity index (χ1) is 13.9. The maximum Gasteiger partial charge on any atom is 2.00 e. The SMILES string of the molecule is O=C([O-])c1cccc(C(=O)[O-])c1C(=O)[O-].O=C([O-])c1cccc(C(=O)[O-])c1C(=O)[O-].[Ba+2].[Ba+2].[Ba+2]. The Morgan fingerprint density at radius 3 is 0.697 bits per heavy atom. The molecular weight excluding hydrogens is 820 g/mol. The molecule has 0 fully saturated rings. The van der Waals surface area contributed by atoms with E-state index in [1.807, 2.05) is 0 Å². The van der Waals surface area contributed by atoms with E-state index in [2.05, 4.69) is 0 Å². The molecule has 33 heavy (non-hydrogen) atoms. The monoisotopic (exact) mass is 828 g/mol. The molecule has 156 valence electrons. The number of carbonyl (C=O) groups excluding carboxylic acids is 6. The van der Waals surface area contributed by atoms with Gasteiger partial charge in [0.2, 0.25) is 0 Å². The van der Waals surface area contributed by atoms with Gasteiger partial charge in [-0.15, -0.1) is 0 Å². The fourth-order valence-corrected chi connectivity index (χ4v) is 2.22. The molecule has 12 nitrogen and oxygen atoms in total. The summed E-state index contributed by atoms with van der Waals surface area (Å²) in [6.07, 6.45) is 0. The second kappa shape index (κ2) is 17.4. The first-order valence-electron chi connectivity index (χ1n) is 7.44. The van der Waals surface area contributed by atoms with Crippen LogP contribution in [0.15, 0.2) is 36.4 Å². The quantitative estimate of drug-likeness (QED) is 0.247. The van der Waals surface area contributed by atoms with Crippen molar-refractivity contribution in [3.05, 3.63) is 69.8 Å². The summed E-state index contributed by atoms with van der Waals surface area (Å²) >= 11 is 0. The molecular formula is C18H6Ba3O12. The predicted octanol–water partition coefficient (Wildman–Crippen LogP) is -7.59.